The van der Waals surface area contributed by atoms with Crippen molar-refractivity contribution in [3.63, 3.8) is 0 Å². The number of aromatic nitrogens is 1. The Morgan fingerprint density at radius 3 is 2.52 bits per heavy atom. The molecule has 1 aliphatic rings. The first-order valence-electron chi connectivity index (χ1n) is 9.23. The van der Waals surface area contributed by atoms with E-state index >= 15 is 0 Å². The summed E-state index contributed by atoms with van der Waals surface area (Å²) in [6.07, 6.45) is 3.28. The third-order valence-corrected chi connectivity index (χ3v) is 5.12. The lowest BCUT2D eigenvalue weighted by Crippen LogP contribution is -2.00. The summed E-state index contributed by atoms with van der Waals surface area (Å²) in [5.74, 6) is 2.44. The first-order valence-corrected chi connectivity index (χ1v) is 9.23. The SMILES string of the molecule is Cc1ccc(C(C)C)c(Oc2c3c(nc4ccc(C)cc24)CCC3)c1. The van der Waals surface area contributed by atoms with Crippen molar-refractivity contribution in [2.45, 2.75) is 52.9 Å². The summed E-state index contributed by atoms with van der Waals surface area (Å²) in [5.41, 5.74) is 7.28. The van der Waals surface area contributed by atoms with Crippen LogP contribution in [0.2, 0.25) is 0 Å². The fraction of sp³-hybridized carbons (Fsp3) is 0.348. The van der Waals surface area contributed by atoms with E-state index < -0.39 is 0 Å². The van der Waals surface area contributed by atoms with Crippen LogP contribution in [0.1, 0.15) is 54.1 Å². The van der Waals surface area contributed by atoms with Gasteiger partial charge in [-0.1, -0.05) is 37.6 Å². The molecule has 0 saturated heterocycles. The quantitative estimate of drug-likeness (QED) is 0.565. The van der Waals surface area contributed by atoms with Crippen LogP contribution >= 0.6 is 0 Å². The van der Waals surface area contributed by atoms with Crippen LogP contribution in [0, 0.1) is 13.8 Å². The first-order chi connectivity index (χ1) is 12.0. The summed E-state index contributed by atoms with van der Waals surface area (Å²) in [6.45, 7) is 8.69. The maximum absolute atomic E-state index is 6.62. The molecule has 0 unspecified atom stereocenters. The van der Waals surface area contributed by atoms with E-state index in [-0.39, 0.29) is 0 Å². The molecule has 0 amide bonds. The minimum Gasteiger partial charge on any atom is -0.456 e. The van der Waals surface area contributed by atoms with Gasteiger partial charge in [-0.2, -0.15) is 0 Å². The van der Waals surface area contributed by atoms with Crippen LogP contribution in [0.15, 0.2) is 36.4 Å². The summed E-state index contributed by atoms with van der Waals surface area (Å²) < 4.78 is 6.62. The lowest BCUT2D eigenvalue weighted by molar-refractivity contribution is 0.472. The molecule has 0 N–H and O–H groups in total. The molecule has 3 aromatic rings. The Balaban J connectivity index is 1.93. The second-order valence-corrected chi connectivity index (χ2v) is 7.54. The van der Waals surface area contributed by atoms with Gasteiger partial charge in [0.25, 0.3) is 0 Å². The number of rotatable bonds is 3. The van der Waals surface area contributed by atoms with Crippen molar-refractivity contribution in [2.75, 3.05) is 0 Å². The minimum absolute atomic E-state index is 0.429. The minimum atomic E-state index is 0.429. The van der Waals surface area contributed by atoms with E-state index in [1.807, 2.05) is 0 Å². The van der Waals surface area contributed by atoms with Gasteiger partial charge in [-0.15, -0.1) is 0 Å². The van der Waals surface area contributed by atoms with Crippen LogP contribution in [0.4, 0.5) is 0 Å². The average molecular weight is 331 g/mol. The molecule has 0 aliphatic heterocycles. The third kappa shape index (κ3) is 2.90. The summed E-state index contributed by atoms with van der Waals surface area (Å²) in [5, 5.41) is 1.14. The Morgan fingerprint density at radius 1 is 0.960 bits per heavy atom. The highest BCUT2D eigenvalue weighted by atomic mass is 16.5. The van der Waals surface area contributed by atoms with E-state index in [2.05, 4.69) is 64.1 Å². The Kier molecular flexibility index (Phi) is 3.99. The van der Waals surface area contributed by atoms with Crippen LogP contribution in [-0.4, -0.2) is 4.98 Å². The van der Waals surface area contributed by atoms with Crippen molar-refractivity contribution in [3.05, 3.63) is 64.3 Å². The molecular formula is C23H25NO. The highest BCUT2D eigenvalue weighted by Gasteiger charge is 2.22. The number of aryl methyl sites for hydroxylation is 3. The van der Waals surface area contributed by atoms with Crippen molar-refractivity contribution in [1.29, 1.82) is 0 Å². The molecule has 0 bridgehead atoms. The van der Waals surface area contributed by atoms with E-state index in [4.69, 9.17) is 9.72 Å². The molecule has 1 heterocycles. The molecule has 128 valence electrons. The molecule has 2 heteroatoms. The molecule has 0 radical (unpaired) electrons. The highest BCUT2D eigenvalue weighted by molar-refractivity contribution is 5.88. The molecule has 4 rings (SSSR count). The van der Waals surface area contributed by atoms with Gasteiger partial charge in [-0.05, 0) is 68.4 Å². The second-order valence-electron chi connectivity index (χ2n) is 7.54. The Morgan fingerprint density at radius 2 is 1.72 bits per heavy atom. The number of pyridine rings is 1. The number of fused-ring (bicyclic) bond motifs is 2. The number of nitrogens with zero attached hydrogens (tertiary/aromatic N) is 1. The van der Waals surface area contributed by atoms with Crippen molar-refractivity contribution in [3.8, 4) is 11.5 Å². The van der Waals surface area contributed by atoms with E-state index in [0.717, 1.165) is 35.2 Å². The van der Waals surface area contributed by atoms with Gasteiger partial charge in [-0.3, -0.25) is 4.98 Å². The second kappa shape index (κ2) is 6.18. The fourth-order valence-corrected chi connectivity index (χ4v) is 3.77. The van der Waals surface area contributed by atoms with Gasteiger partial charge in [0.2, 0.25) is 0 Å². The van der Waals surface area contributed by atoms with Crippen molar-refractivity contribution in [2.24, 2.45) is 0 Å². The van der Waals surface area contributed by atoms with Crippen LogP contribution in [0.3, 0.4) is 0 Å². The van der Waals surface area contributed by atoms with Gasteiger partial charge in [0.15, 0.2) is 0 Å². The normalized spacial score (nSPS) is 13.5. The molecule has 0 fully saturated rings. The topological polar surface area (TPSA) is 22.1 Å². The third-order valence-electron chi connectivity index (χ3n) is 5.12. The number of hydrogen-bond acceptors (Lipinski definition) is 2. The van der Waals surface area contributed by atoms with Gasteiger partial charge in [0.05, 0.1) is 5.52 Å². The number of benzene rings is 2. The van der Waals surface area contributed by atoms with Gasteiger partial charge < -0.3 is 4.74 Å². The highest BCUT2D eigenvalue weighted by Crippen LogP contribution is 2.41. The largest absolute Gasteiger partial charge is 0.456 e. The lowest BCUT2D eigenvalue weighted by atomic mass is 10.0. The molecule has 0 atom stereocenters. The maximum Gasteiger partial charge on any atom is 0.141 e. The summed E-state index contributed by atoms with van der Waals surface area (Å²) in [4.78, 5) is 4.89. The van der Waals surface area contributed by atoms with Gasteiger partial charge >= 0.3 is 0 Å². The van der Waals surface area contributed by atoms with Crippen molar-refractivity contribution < 1.29 is 4.74 Å². The summed E-state index contributed by atoms with van der Waals surface area (Å²) in [6, 6.07) is 13.0. The van der Waals surface area contributed by atoms with Gasteiger partial charge in [0.1, 0.15) is 11.5 Å². The average Bonchev–Trinajstić information content (AvgIpc) is 3.03. The predicted octanol–water partition coefficient (Wildman–Crippen LogP) is 6.26. The van der Waals surface area contributed by atoms with Gasteiger partial charge in [-0.25, -0.2) is 0 Å². The summed E-state index contributed by atoms with van der Waals surface area (Å²) >= 11 is 0. The lowest BCUT2D eigenvalue weighted by Gasteiger charge is -2.18. The molecule has 2 aromatic carbocycles. The molecule has 1 aliphatic carbocycles. The Hall–Kier alpha value is -2.35. The molecular weight excluding hydrogens is 306 g/mol. The zero-order valence-corrected chi connectivity index (χ0v) is 15.5. The molecule has 1 aromatic heterocycles. The fourth-order valence-electron chi connectivity index (χ4n) is 3.77. The maximum atomic E-state index is 6.62. The van der Waals surface area contributed by atoms with Crippen LogP contribution in [0.25, 0.3) is 10.9 Å². The number of ether oxygens (including phenoxy) is 1. The van der Waals surface area contributed by atoms with Gasteiger partial charge in [0, 0.05) is 16.6 Å². The summed E-state index contributed by atoms with van der Waals surface area (Å²) in [7, 11) is 0. The predicted molar refractivity (Wildman–Crippen MR) is 104 cm³/mol. The Labute approximate surface area is 149 Å². The van der Waals surface area contributed by atoms with E-state index in [9.17, 15) is 0 Å². The van der Waals surface area contributed by atoms with Crippen LogP contribution < -0.4 is 4.74 Å². The molecule has 0 saturated carbocycles. The molecule has 0 spiro atoms. The van der Waals surface area contributed by atoms with Crippen LogP contribution in [0.5, 0.6) is 11.5 Å². The van der Waals surface area contributed by atoms with E-state index in [1.165, 1.54) is 34.4 Å². The molecule has 25 heavy (non-hydrogen) atoms. The van der Waals surface area contributed by atoms with Crippen LogP contribution in [-0.2, 0) is 12.8 Å². The van der Waals surface area contributed by atoms with Crippen molar-refractivity contribution >= 4 is 10.9 Å². The Bertz CT molecular complexity index is 956. The zero-order chi connectivity index (χ0) is 17.6. The molecule has 2 nitrogen and oxygen atoms in total. The first kappa shape index (κ1) is 16.1. The van der Waals surface area contributed by atoms with Crippen molar-refractivity contribution in [1.82, 2.24) is 4.98 Å². The van der Waals surface area contributed by atoms with E-state index in [1.54, 1.807) is 0 Å². The monoisotopic (exact) mass is 331 g/mol. The smallest absolute Gasteiger partial charge is 0.141 e. The zero-order valence-electron chi connectivity index (χ0n) is 15.5. The standard InChI is InChI=1S/C23H25NO/c1-14(2)17-10-8-16(4)13-22(17)25-23-18-6-5-7-20(18)24-21-11-9-15(3)12-19(21)23/h8-14H,5-7H2,1-4H3. The number of hydrogen-bond donors (Lipinski definition) is 0. The van der Waals surface area contributed by atoms with E-state index in [0.29, 0.717) is 5.92 Å².